The molecular weight excluding hydrogens is 473 g/mol. The van der Waals surface area contributed by atoms with Gasteiger partial charge in [-0.15, -0.1) is 0 Å². The summed E-state index contributed by atoms with van der Waals surface area (Å²) in [5, 5.41) is 6.22. The summed E-state index contributed by atoms with van der Waals surface area (Å²) in [6.07, 6.45) is 0.897. The van der Waals surface area contributed by atoms with Gasteiger partial charge in [-0.25, -0.2) is 17.8 Å². The molecule has 2 aliphatic heterocycles. The van der Waals surface area contributed by atoms with Gasteiger partial charge in [0.2, 0.25) is 10.0 Å². The molecule has 0 aliphatic carbocycles. The van der Waals surface area contributed by atoms with Crippen LogP contribution in [0.4, 0.5) is 4.39 Å². The summed E-state index contributed by atoms with van der Waals surface area (Å²) in [6.45, 7) is 5.74. The molecule has 1 saturated heterocycles. The molecule has 35 heavy (non-hydrogen) atoms. The van der Waals surface area contributed by atoms with Crippen molar-refractivity contribution in [2.24, 2.45) is 10.5 Å². The molecule has 10 heteroatoms. The Balaban J connectivity index is 1.55. The Bertz CT molecular complexity index is 1280. The summed E-state index contributed by atoms with van der Waals surface area (Å²) in [7, 11) is -0.648. The van der Waals surface area contributed by atoms with E-state index in [9.17, 15) is 17.6 Å². The number of carbonyl (C=O) groups excluding carboxylic acids is 1. The van der Waals surface area contributed by atoms with E-state index >= 15 is 0 Å². The number of hydrogen-bond donors (Lipinski definition) is 0. The first-order valence-electron chi connectivity index (χ1n) is 11.4. The van der Waals surface area contributed by atoms with E-state index in [0.29, 0.717) is 35.6 Å². The SMILES string of the molecule is COc1ccc(C2=NN(C3CCN(S(=O)(=O)c4ccc(F)cc4C)CC3)C(=O)C2(C)C)cc1OC. The Hall–Kier alpha value is -2.98. The van der Waals surface area contributed by atoms with E-state index in [2.05, 4.69) is 0 Å². The summed E-state index contributed by atoms with van der Waals surface area (Å²) < 4.78 is 51.9. The highest BCUT2D eigenvalue weighted by Gasteiger charge is 2.47. The van der Waals surface area contributed by atoms with Crippen LogP contribution in [-0.2, 0) is 14.8 Å². The Morgan fingerprint density at radius 2 is 1.69 bits per heavy atom. The van der Waals surface area contributed by atoms with E-state index in [0.717, 1.165) is 11.6 Å². The molecule has 8 nitrogen and oxygen atoms in total. The van der Waals surface area contributed by atoms with Crippen LogP contribution in [0.25, 0.3) is 0 Å². The number of piperidine rings is 1. The van der Waals surface area contributed by atoms with Gasteiger partial charge >= 0.3 is 0 Å². The van der Waals surface area contributed by atoms with Crippen LogP contribution in [-0.4, -0.2) is 62.7 Å². The van der Waals surface area contributed by atoms with Crippen molar-refractivity contribution in [1.29, 1.82) is 0 Å². The quantitative estimate of drug-likeness (QED) is 0.601. The van der Waals surface area contributed by atoms with E-state index in [1.54, 1.807) is 33.3 Å². The van der Waals surface area contributed by atoms with E-state index in [1.165, 1.54) is 21.4 Å². The fourth-order valence-electron chi connectivity index (χ4n) is 4.68. The van der Waals surface area contributed by atoms with Gasteiger partial charge in [0.1, 0.15) is 5.82 Å². The second-order valence-corrected chi connectivity index (χ2v) is 11.2. The highest BCUT2D eigenvalue weighted by molar-refractivity contribution is 7.89. The summed E-state index contributed by atoms with van der Waals surface area (Å²) in [5.41, 5.74) is 0.900. The second-order valence-electron chi connectivity index (χ2n) is 9.34. The molecule has 0 unspecified atom stereocenters. The minimum atomic E-state index is -3.76. The van der Waals surface area contributed by atoms with Crippen LogP contribution in [0.3, 0.4) is 0 Å². The van der Waals surface area contributed by atoms with Gasteiger partial charge in [-0.3, -0.25) is 4.79 Å². The fourth-order valence-corrected chi connectivity index (χ4v) is 6.36. The van der Waals surface area contributed by atoms with Crippen LogP contribution in [0, 0.1) is 18.2 Å². The van der Waals surface area contributed by atoms with E-state index in [1.807, 2.05) is 19.9 Å². The highest BCUT2D eigenvalue weighted by atomic mass is 32.2. The lowest BCUT2D eigenvalue weighted by Crippen LogP contribution is -2.47. The monoisotopic (exact) mass is 503 g/mol. The van der Waals surface area contributed by atoms with Crippen molar-refractivity contribution >= 4 is 21.6 Å². The molecule has 0 aromatic heterocycles. The minimum Gasteiger partial charge on any atom is -0.493 e. The van der Waals surface area contributed by atoms with Crippen LogP contribution >= 0.6 is 0 Å². The number of nitrogens with zero attached hydrogens (tertiary/aromatic N) is 3. The van der Waals surface area contributed by atoms with E-state index < -0.39 is 21.3 Å². The maximum Gasteiger partial charge on any atom is 0.254 e. The number of amides is 1. The number of benzene rings is 2. The molecule has 0 N–H and O–H groups in total. The smallest absolute Gasteiger partial charge is 0.254 e. The van der Waals surface area contributed by atoms with Gasteiger partial charge in [-0.05, 0) is 75.6 Å². The fraction of sp³-hybridized carbons (Fsp3) is 0.440. The van der Waals surface area contributed by atoms with Crippen molar-refractivity contribution in [2.45, 2.75) is 44.6 Å². The molecule has 2 heterocycles. The summed E-state index contributed by atoms with van der Waals surface area (Å²) in [6, 6.07) is 8.88. The van der Waals surface area contributed by atoms with Crippen LogP contribution in [0.1, 0.15) is 37.8 Å². The van der Waals surface area contributed by atoms with E-state index in [-0.39, 0.29) is 29.9 Å². The Kier molecular flexibility index (Phi) is 6.63. The molecule has 0 spiro atoms. The standard InChI is InChI=1S/C25H30FN3O5S/c1-16-14-18(26)7-9-22(16)35(31,32)28-12-10-19(11-13-28)29-24(30)25(2,3)23(27-29)17-6-8-20(33-4)21(15-17)34-5/h6-9,14-15,19H,10-13H2,1-5H3. The molecule has 0 saturated carbocycles. The third-order valence-corrected chi connectivity index (χ3v) is 8.78. The topological polar surface area (TPSA) is 88.5 Å². The molecule has 188 valence electrons. The number of rotatable bonds is 6. The lowest BCUT2D eigenvalue weighted by atomic mass is 9.83. The molecule has 0 bridgehead atoms. The van der Waals surface area contributed by atoms with Gasteiger partial charge in [0.15, 0.2) is 11.5 Å². The second kappa shape index (κ2) is 9.23. The first-order chi connectivity index (χ1) is 16.5. The zero-order chi connectivity index (χ0) is 25.5. The molecule has 0 atom stereocenters. The molecule has 2 aliphatic rings. The maximum absolute atomic E-state index is 13.5. The average molecular weight is 504 g/mol. The van der Waals surface area contributed by atoms with Crippen molar-refractivity contribution < 1.29 is 27.1 Å². The van der Waals surface area contributed by atoms with Gasteiger partial charge in [0.25, 0.3) is 5.91 Å². The predicted molar refractivity (Wildman–Crippen MR) is 130 cm³/mol. The number of methoxy groups -OCH3 is 2. The van der Waals surface area contributed by atoms with Gasteiger partial charge < -0.3 is 9.47 Å². The molecular formula is C25H30FN3O5S. The molecule has 1 amide bonds. The van der Waals surface area contributed by atoms with Crippen molar-refractivity contribution in [3.05, 3.63) is 53.3 Å². The Labute approximate surface area is 205 Å². The molecule has 2 aromatic rings. The number of halogens is 1. The van der Waals surface area contributed by atoms with Crippen molar-refractivity contribution in [3.63, 3.8) is 0 Å². The Morgan fingerprint density at radius 1 is 1.03 bits per heavy atom. The first-order valence-corrected chi connectivity index (χ1v) is 12.9. The van der Waals surface area contributed by atoms with E-state index in [4.69, 9.17) is 14.6 Å². The minimum absolute atomic E-state index is 0.101. The number of carbonyl (C=O) groups is 1. The molecule has 2 aromatic carbocycles. The maximum atomic E-state index is 13.5. The molecule has 1 fully saturated rings. The largest absolute Gasteiger partial charge is 0.493 e. The Morgan fingerprint density at radius 3 is 2.29 bits per heavy atom. The average Bonchev–Trinajstić information content (AvgIpc) is 3.07. The van der Waals surface area contributed by atoms with Crippen LogP contribution in [0.5, 0.6) is 11.5 Å². The normalized spacial score (nSPS) is 19.1. The van der Waals surface area contributed by atoms with Crippen molar-refractivity contribution in [3.8, 4) is 11.5 Å². The summed E-state index contributed by atoms with van der Waals surface area (Å²) in [5.74, 6) is 0.529. The van der Waals surface area contributed by atoms with Gasteiger partial charge in [0, 0.05) is 18.7 Å². The molecule has 4 rings (SSSR count). The van der Waals surface area contributed by atoms with Crippen LogP contribution < -0.4 is 9.47 Å². The zero-order valence-electron chi connectivity index (χ0n) is 20.5. The van der Waals surface area contributed by atoms with Crippen molar-refractivity contribution in [1.82, 2.24) is 9.31 Å². The number of hydrazone groups is 1. The zero-order valence-corrected chi connectivity index (χ0v) is 21.4. The predicted octanol–water partition coefficient (Wildman–Crippen LogP) is 3.58. The lowest BCUT2D eigenvalue weighted by molar-refractivity contribution is -0.137. The third kappa shape index (κ3) is 4.40. The summed E-state index contributed by atoms with van der Waals surface area (Å²) in [4.78, 5) is 13.5. The number of sulfonamides is 1. The van der Waals surface area contributed by atoms with Gasteiger partial charge in [-0.1, -0.05) is 0 Å². The van der Waals surface area contributed by atoms with Crippen molar-refractivity contribution in [2.75, 3.05) is 27.3 Å². The highest BCUT2D eigenvalue weighted by Crippen LogP contribution is 2.38. The van der Waals surface area contributed by atoms with Crippen LogP contribution in [0.2, 0.25) is 0 Å². The summed E-state index contributed by atoms with van der Waals surface area (Å²) >= 11 is 0. The lowest BCUT2D eigenvalue weighted by Gasteiger charge is -2.35. The third-order valence-electron chi connectivity index (χ3n) is 6.72. The van der Waals surface area contributed by atoms with Gasteiger partial charge in [0.05, 0.1) is 36.3 Å². The number of aryl methyl sites for hydroxylation is 1. The molecule has 0 radical (unpaired) electrons. The number of hydrogen-bond acceptors (Lipinski definition) is 6. The van der Waals surface area contributed by atoms with Gasteiger partial charge in [-0.2, -0.15) is 9.41 Å². The first kappa shape index (κ1) is 25.1. The van der Waals surface area contributed by atoms with Crippen LogP contribution in [0.15, 0.2) is 46.4 Å². The number of ether oxygens (including phenoxy) is 2.